The lowest BCUT2D eigenvalue weighted by atomic mass is 9.80. The fourth-order valence-electron chi connectivity index (χ4n) is 3.64. The predicted octanol–water partition coefficient (Wildman–Crippen LogP) is 4.45. The molecule has 1 aliphatic heterocycles. The Bertz CT molecular complexity index is 767. The number of ether oxygens (including phenoxy) is 1. The van der Waals surface area contributed by atoms with Crippen LogP contribution in [0.1, 0.15) is 28.7 Å². The van der Waals surface area contributed by atoms with Crippen LogP contribution >= 0.6 is 0 Å². The van der Waals surface area contributed by atoms with Gasteiger partial charge in [0.2, 0.25) is 0 Å². The molecule has 0 spiro atoms. The zero-order chi connectivity index (χ0) is 15.5. The zero-order valence-electron chi connectivity index (χ0n) is 13.2. The van der Waals surface area contributed by atoms with Gasteiger partial charge < -0.3 is 10.1 Å². The summed E-state index contributed by atoms with van der Waals surface area (Å²) in [6.07, 6.45) is 12.8. The number of allylic oxidation sites excluding steroid dienone is 1. The summed E-state index contributed by atoms with van der Waals surface area (Å²) in [5.74, 6) is 0. The minimum Gasteiger partial charge on any atom is -0.479 e. The van der Waals surface area contributed by atoms with E-state index in [1.807, 2.05) is 0 Å². The van der Waals surface area contributed by atoms with E-state index in [2.05, 4.69) is 58.6 Å². The first-order valence-electron chi connectivity index (χ1n) is 8.33. The Hall–Kier alpha value is -2.48. The van der Waals surface area contributed by atoms with Gasteiger partial charge in [0.15, 0.2) is 6.73 Å². The summed E-state index contributed by atoms with van der Waals surface area (Å²) in [4.78, 5) is 0. The number of hydrogen-bond acceptors (Lipinski definition) is 2. The molecule has 0 bridgehead atoms. The highest BCUT2D eigenvalue weighted by molar-refractivity contribution is 5.77. The smallest absolute Gasteiger partial charge is 0.157 e. The van der Waals surface area contributed by atoms with Crippen LogP contribution in [-0.4, -0.2) is 6.73 Å². The second-order valence-electron chi connectivity index (χ2n) is 6.08. The number of aryl methyl sites for hydroxylation is 1. The molecule has 2 aromatic carbocycles. The quantitative estimate of drug-likeness (QED) is 0.776. The summed E-state index contributed by atoms with van der Waals surface area (Å²) in [5, 5.41) is 2.82. The van der Waals surface area contributed by atoms with Gasteiger partial charge >= 0.3 is 0 Å². The van der Waals surface area contributed by atoms with Crippen LogP contribution in [0.25, 0.3) is 17.2 Å². The minimum atomic E-state index is 0.639. The van der Waals surface area contributed by atoms with E-state index in [-0.39, 0.29) is 0 Å². The molecule has 1 heterocycles. The van der Waals surface area contributed by atoms with Crippen LogP contribution in [0.2, 0.25) is 0 Å². The third-order valence-electron chi connectivity index (χ3n) is 4.73. The van der Waals surface area contributed by atoms with Crippen LogP contribution in [0, 0.1) is 0 Å². The molecule has 0 atom stereocenters. The van der Waals surface area contributed by atoms with Crippen molar-refractivity contribution in [3.8, 4) is 11.1 Å². The van der Waals surface area contributed by atoms with Crippen molar-refractivity contribution in [2.45, 2.75) is 25.7 Å². The van der Waals surface area contributed by atoms with Gasteiger partial charge in [-0.25, -0.2) is 0 Å². The van der Waals surface area contributed by atoms with Crippen molar-refractivity contribution in [1.29, 1.82) is 0 Å². The molecule has 1 N–H and O–H groups in total. The van der Waals surface area contributed by atoms with Crippen LogP contribution in [0.5, 0.6) is 0 Å². The van der Waals surface area contributed by atoms with Gasteiger partial charge in [-0.05, 0) is 59.1 Å². The van der Waals surface area contributed by atoms with Crippen molar-refractivity contribution in [1.82, 2.24) is 5.32 Å². The van der Waals surface area contributed by atoms with E-state index in [0.29, 0.717) is 6.73 Å². The Labute approximate surface area is 137 Å². The van der Waals surface area contributed by atoms with Crippen LogP contribution in [0.4, 0.5) is 0 Å². The highest BCUT2D eigenvalue weighted by Crippen LogP contribution is 2.38. The van der Waals surface area contributed by atoms with Crippen molar-refractivity contribution in [2.24, 2.45) is 0 Å². The van der Waals surface area contributed by atoms with E-state index >= 15 is 0 Å². The Balaban J connectivity index is 0.000000233. The van der Waals surface area contributed by atoms with E-state index in [1.165, 1.54) is 47.9 Å². The highest BCUT2D eigenvalue weighted by Gasteiger charge is 2.20. The first kappa shape index (κ1) is 14.1. The molecule has 0 aromatic heterocycles. The molecule has 0 amide bonds. The first-order chi connectivity index (χ1) is 11.4. The molecule has 2 nitrogen and oxygen atoms in total. The predicted molar refractivity (Wildman–Crippen MR) is 94.9 cm³/mol. The molecule has 5 rings (SSSR count). The van der Waals surface area contributed by atoms with E-state index in [1.54, 1.807) is 23.6 Å². The van der Waals surface area contributed by atoms with Crippen LogP contribution < -0.4 is 5.32 Å². The lowest BCUT2D eigenvalue weighted by Crippen LogP contribution is -2.09. The van der Waals surface area contributed by atoms with E-state index < -0.39 is 0 Å². The van der Waals surface area contributed by atoms with Crippen LogP contribution in [0.3, 0.4) is 0 Å². The highest BCUT2D eigenvalue weighted by atomic mass is 16.5. The molecule has 2 aliphatic carbocycles. The van der Waals surface area contributed by atoms with Crippen molar-refractivity contribution < 1.29 is 4.74 Å². The molecular weight excluding hydrogens is 282 g/mol. The van der Waals surface area contributed by atoms with Crippen molar-refractivity contribution in [2.75, 3.05) is 6.73 Å². The fourth-order valence-corrected chi connectivity index (χ4v) is 3.64. The number of fused-ring (bicyclic) bond motifs is 5. The minimum absolute atomic E-state index is 0.639. The molecule has 23 heavy (non-hydrogen) atoms. The Morgan fingerprint density at radius 3 is 2.65 bits per heavy atom. The largest absolute Gasteiger partial charge is 0.479 e. The molecule has 0 unspecified atom stereocenters. The van der Waals surface area contributed by atoms with Gasteiger partial charge in [-0.2, -0.15) is 0 Å². The molecule has 0 fully saturated rings. The summed E-state index contributed by atoms with van der Waals surface area (Å²) < 4.78 is 4.65. The van der Waals surface area contributed by atoms with Gasteiger partial charge in [-0.1, -0.05) is 48.6 Å². The van der Waals surface area contributed by atoms with Gasteiger partial charge in [0.05, 0.1) is 0 Å². The standard InChI is InChI=1S/C18H16.C3H5NO/c1-3-7-15-13(5-1)9-11-18-16-8-4-2-6-14(16)10-12-17(15)18;1-2-5-3-4-1/h1-3,5-7,10,12H,4,8-9,11H2;1-2,4H,3H2. The van der Waals surface area contributed by atoms with Gasteiger partial charge in [-0.15, -0.1) is 0 Å². The molecular formula is C21H21NO. The molecule has 116 valence electrons. The van der Waals surface area contributed by atoms with Gasteiger partial charge in [0.25, 0.3) is 0 Å². The summed E-state index contributed by atoms with van der Waals surface area (Å²) >= 11 is 0. The maximum Gasteiger partial charge on any atom is 0.157 e. The normalized spacial score (nSPS) is 16.2. The number of hydrogen-bond donors (Lipinski definition) is 1. The number of rotatable bonds is 0. The average Bonchev–Trinajstić information content (AvgIpc) is 3.21. The second-order valence-corrected chi connectivity index (χ2v) is 6.08. The van der Waals surface area contributed by atoms with Crippen LogP contribution in [0.15, 0.2) is 54.9 Å². The summed E-state index contributed by atoms with van der Waals surface area (Å²) in [6, 6.07) is 13.5. The molecule has 0 saturated carbocycles. The van der Waals surface area contributed by atoms with Crippen molar-refractivity contribution >= 4 is 6.08 Å². The summed E-state index contributed by atoms with van der Waals surface area (Å²) in [6.45, 7) is 0.639. The topological polar surface area (TPSA) is 21.3 Å². The van der Waals surface area contributed by atoms with E-state index in [0.717, 1.165) is 0 Å². The summed E-state index contributed by atoms with van der Waals surface area (Å²) in [5.41, 5.74) is 9.10. The second kappa shape index (κ2) is 6.33. The Morgan fingerprint density at radius 1 is 0.870 bits per heavy atom. The third kappa shape index (κ3) is 2.77. The maximum absolute atomic E-state index is 4.65. The number of benzene rings is 2. The maximum atomic E-state index is 4.65. The monoisotopic (exact) mass is 303 g/mol. The molecule has 0 saturated heterocycles. The lowest BCUT2D eigenvalue weighted by Gasteiger charge is -2.25. The van der Waals surface area contributed by atoms with Crippen molar-refractivity contribution in [3.63, 3.8) is 0 Å². The van der Waals surface area contributed by atoms with Crippen molar-refractivity contribution in [3.05, 3.63) is 77.2 Å². The van der Waals surface area contributed by atoms with Gasteiger partial charge in [0, 0.05) is 6.20 Å². The summed E-state index contributed by atoms with van der Waals surface area (Å²) in [7, 11) is 0. The molecule has 3 aliphatic rings. The molecule has 2 aromatic rings. The van der Waals surface area contributed by atoms with E-state index in [9.17, 15) is 0 Å². The SMILES string of the molecule is C1=COCN1.C1=Cc2ccc3c(c2CC1)CCc1ccccc1-3. The first-order valence-corrected chi connectivity index (χ1v) is 8.33. The number of nitrogens with one attached hydrogen (secondary N) is 1. The Morgan fingerprint density at radius 2 is 1.83 bits per heavy atom. The van der Waals surface area contributed by atoms with Crippen LogP contribution in [-0.2, 0) is 24.0 Å². The van der Waals surface area contributed by atoms with Gasteiger partial charge in [-0.3, -0.25) is 0 Å². The molecule has 2 heteroatoms. The van der Waals surface area contributed by atoms with Gasteiger partial charge in [0.1, 0.15) is 6.26 Å². The molecule has 0 radical (unpaired) electrons. The van der Waals surface area contributed by atoms with E-state index in [4.69, 9.17) is 0 Å². The lowest BCUT2D eigenvalue weighted by molar-refractivity contribution is 0.267. The third-order valence-corrected chi connectivity index (χ3v) is 4.73. The average molecular weight is 303 g/mol. The fraction of sp³-hybridized carbons (Fsp3) is 0.238. The zero-order valence-corrected chi connectivity index (χ0v) is 13.2. The Kier molecular flexibility index (Phi) is 3.89.